The van der Waals surface area contributed by atoms with Crippen molar-refractivity contribution in [2.45, 2.75) is 20.4 Å². The third-order valence-corrected chi connectivity index (χ3v) is 5.54. The minimum Gasteiger partial charge on any atom is -0.494 e. The van der Waals surface area contributed by atoms with E-state index in [-0.39, 0.29) is 18.0 Å². The van der Waals surface area contributed by atoms with E-state index in [2.05, 4.69) is 20.2 Å². The second kappa shape index (κ2) is 8.51. The molecule has 33 heavy (non-hydrogen) atoms. The maximum Gasteiger partial charge on any atom is 0.264 e. The Hall–Kier alpha value is -3.98. The Morgan fingerprint density at radius 1 is 1.18 bits per heavy atom. The molecule has 0 saturated carbocycles. The molecule has 0 aliphatic rings. The van der Waals surface area contributed by atoms with Crippen molar-refractivity contribution in [2.75, 3.05) is 6.61 Å². The number of halogens is 1. The molecule has 0 N–H and O–H groups in total. The van der Waals surface area contributed by atoms with E-state index in [0.717, 1.165) is 22.6 Å². The second-order valence-corrected chi connectivity index (χ2v) is 7.78. The number of aromatic nitrogens is 6. The van der Waals surface area contributed by atoms with Crippen LogP contribution in [0.3, 0.4) is 0 Å². The Labute approximate surface area is 193 Å². The van der Waals surface area contributed by atoms with Gasteiger partial charge in [-0.3, -0.25) is 9.36 Å². The standard InChI is InChI=1S/C23H19ClN6O3/c1-3-32-17-6-4-5-15(9-17)21-27-20(33-28-21)12-29-13-25-22-18(23(29)31)11-26-30(22)16-8-7-14(2)19(24)10-16/h4-11,13H,3,12H2,1-2H3. The highest BCUT2D eigenvalue weighted by Gasteiger charge is 2.15. The Morgan fingerprint density at radius 3 is 2.88 bits per heavy atom. The van der Waals surface area contributed by atoms with Gasteiger partial charge in [-0.15, -0.1) is 0 Å². The molecule has 166 valence electrons. The minimum absolute atomic E-state index is 0.0848. The fourth-order valence-corrected chi connectivity index (χ4v) is 3.61. The molecule has 3 aromatic heterocycles. The molecule has 5 aromatic rings. The van der Waals surface area contributed by atoms with Gasteiger partial charge in [0.15, 0.2) is 5.65 Å². The molecule has 0 bridgehead atoms. The molecule has 0 amide bonds. The van der Waals surface area contributed by atoms with Crippen molar-refractivity contribution >= 4 is 22.6 Å². The first-order valence-corrected chi connectivity index (χ1v) is 10.7. The smallest absolute Gasteiger partial charge is 0.264 e. The van der Waals surface area contributed by atoms with Gasteiger partial charge in [0, 0.05) is 10.6 Å². The van der Waals surface area contributed by atoms with Gasteiger partial charge < -0.3 is 9.26 Å². The normalized spacial score (nSPS) is 11.2. The van der Waals surface area contributed by atoms with Crippen molar-refractivity contribution in [3.05, 3.63) is 81.8 Å². The number of benzene rings is 2. The summed E-state index contributed by atoms with van der Waals surface area (Å²) in [5.41, 5.74) is 2.62. The van der Waals surface area contributed by atoms with Gasteiger partial charge in [-0.05, 0) is 43.7 Å². The first-order valence-electron chi connectivity index (χ1n) is 10.3. The lowest BCUT2D eigenvalue weighted by Gasteiger charge is -2.06. The SMILES string of the molecule is CCOc1cccc(-c2noc(Cn3cnc4c(cnn4-c4ccc(C)c(Cl)c4)c3=O)n2)c1. The number of ether oxygens (including phenoxy) is 1. The van der Waals surface area contributed by atoms with E-state index in [1.807, 2.05) is 50.2 Å². The molecular weight excluding hydrogens is 444 g/mol. The van der Waals surface area contributed by atoms with Gasteiger partial charge in [0.05, 0.1) is 18.5 Å². The van der Waals surface area contributed by atoms with E-state index >= 15 is 0 Å². The largest absolute Gasteiger partial charge is 0.494 e. The van der Waals surface area contributed by atoms with E-state index in [1.165, 1.54) is 17.1 Å². The van der Waals surface area contributed by atoms with Crippen LogP contribution in [-0.4, -0.2) is 36.1 Å². The van der Waals surface area contributed by atoms with Gasteiger partial charge in [-0.25, -0.2) is 9.67 Å². The lowest BCUT2D eigenvalue weighted by molar-refractivity contribution is 0.340. The predicted octanol–water partition coefficient (Wildman–Crippen LogP) is 4.04. The summed E-state index contributed by atoms with van der Waals surface area (Å²) in [6, 6.07) is 13.0. The summed E-state index contributed by atoms with van der Waals surface area (Å²) < 4.78 is 13.9. The second-order valence-electron chi connectivity index (χ2n) is 7.38. The highest BCUT2D eigenvalue weighted by Crippen LogP contribution is 2.23. The molecule has 0 saturated heterocycles. The zero-order valence-corrected chi connectivity index (χ0v) is 18.7. The third-order valence-electron chi connectivity index (χ3n) is 5.13. The van der Waals surface area contributed by atoms with Crippen LogP contribution in [0.4, 0.5) is 0 Å². The molecule has 2 aromatic carbocycles. The number of hydrogen-bond donors (Lipinski definition) is 0. The summed E-state index contributed by atoms with van der Waals surface area (Å²) in [6.07, 6.45) is 2.94. The molecule has 0 spiro atoms. The van der Waals surface area contributed by atoms with E-state index in [9.17, 15) is 4.79 Å². The van der Waals surface area contributed by atoms with Crippen molar-refractivity contribution in [3.8, 4) is 22.8 Å². The van der Waals surface area contributed by atoms with Crippen LogP contribution in [0.25, 0.3) is 28.1 Å². The summed E-state index contributed by atoms with van der Waals surface area (Å²) in [6.45, 7) is 4.48. The van der Waals surface area contributed by atoms with Gasteiger partial charge in [0.2, 0.25) is 11.7 Å². The summed E-state index contributed by atoms with van der Waals surface area (Å²) in [4.78, 5) is 21.9. The van der Waals surface area contributed by atoms with E-state index < -0.39 is 0 Å². The van der Waals surface area contributed by atoms with Crippen molar-refractivity contribution in [1.29, 1.82) is 0 Å². The van der Waals surface area contributed by atoms with Crippen LogP contribution < -0.4 is 10.3 Å². The molecule has 0 radical (unpaired) electrons. The van der Waals surface area contributed by atoms with E-state index in [0.29, 0.717) is 28.5 Å². The van der Waals surface area contributed by atoms with Crippen LogP contribution in [0.5, 0.6) is 5.75 Å². The summed E-state index contributed by atoms with van der Waals surface area (Å²) in [5, 5.41) is 9.35. The molecule has 0 atom stereocenters. The van der Waals surface area contributed by atoms with Crippen LogP contribution in [0.1, 0.15) is 18.4 Å². The Balaban J connectivity index is 1.44. The molecule has 0 aliphatic carbocycles. The topological polar surface area (TPSA) is 101 Å². The highest BCUT2D eigenvalue weighted by molar-refractivity contribution is 6.31. The summed E-state index contributed by atoms with van der Waals surface area (Å²) >= 11 is 6.24. The number of nitrogens with zero attached hydrogens (tertiary/aromatic N) is 6. The van der Waals surface area contributed by atoms with E-state index in [1.54, 1.807) is 10.7 Å². The van der Waals surface area contributed by atoms with Gasteiger partial charge in [0.1, 0.15) is 24.0 Å². The number of fused-ring (bicyclic) bond motifs is 1. The van der Waals surface area contributed by atoms with Crippen molar-refractivity contribution in [2.24, 2.45) is 0 Å². The predicted molar refractivity (Wildman–Crippen MR) is 123 cm³/mol. The monoisotopic (exact) mass is 462 g/mol. The van der Waals surface area contributed by atoms with Crippen molar-refractivity contribution in [3.63, 3.8) is 0 Å². The van der Waals surface area contributed by atoms with Gasteiger partial charge in [0.25, 0.3) is 5.56 Å². The van der Waals surface area contributed by atoms with Crippen LogP contribution in [-0.2, 0) is 6.54 Å². The van der Waals surface area contributed by atoms with Crippen LogP contribution in [0.15, 0.2) is 64.3 Å². The zero-order chi connectivity index (χ0) is 22.9. The fraction of sp³-hybridized carbons (Fsp3) is 0.174. The minimum atomic E-state index is -0.262. The molecule has 0 aliphatic heterocycles. The first-order chi connectivity index (χ1) is 16.0. The average Bonchev–Trinajstić information content (AvgIpc) is 3.46. The van der Waals surface area contributed by atoms with E-state index in [4.69, 9.17) is 20.9 Å². The maximum atomic E-state index is 13.0. The molecular formula is C23H19ClN6O3. The number of rotatable bonds is 6. The van der Waals surface area contributed by atoms with Gasteiger partial charge >= 0.3 is 0 Å². The molecule has 5 rings (SSSR count). The van der Waals surface area contributed by atoms with Gasteiger partial charge in [-0.2, -0.15) is 10.1 Å². The highest BCUT2D eigenvalue weighted by atomic mass is 35.5. The Bertz CT molecular complexity index is 1520. The van der Waals surface area contributed by atoms with Crippen LogP contribution in [0, 0.1) is 6.92 Å². The molecule has 0 unspecified atom stereocenters. The first kappa shape index (κ1) is 20.9. The average molecular weight is 463 g/mol. The number of hydrogen-bond acceptors (Lipinski definition) is 7. The molecule has 3 heterocycles. The molecule has 9 nitrogen and oxygen atoms in total. The lowest BCUT2D eigenvalue weighted by Crippen LogP contribution is -2.21. The van der Waals surface area contributed by atoms with Crippen LogP contribution in [0.2, 0.25) is 5.02 Å². The fourth-order valence-electron chi connectivity index (χ4n) is 3.44. The summed E-state index contributed by atoms with van der Waals surface area (Å²) in [7, 11) is 0. The molecule has 10 heteroatoms. The Morgan fingerprint density at radius 2 is 2.06 bits per heavy atom. The zero-order valence-electron chi connectivity index (χ0n) is 17.9. The Kier molecular flexibility index (Phi) is 5.39. The number of aryl methyl sites for hydroxylation is 1. The molecule has 0 fully saturated rings. The maximum absolute atomic E-state index is 13.0. The lowest BCUT2D eigenvalue weighted by atomic mass is 10.2. The van der Waals surface area contributed by atoms with Crippen LogP contribution >= 0.6 is 11.6 Å². The third kappa shape index (κ3) is 3.98. The summed E-state index contributed by atoms with van der Waals surface area (Å²) in [5.74, 6) is 1.42. The van der Waals surface area contributed by atoms with Crippen molar-refractivity contribution in [1.82, 2.24) is 29.5 Å². The van der Waals surface area contributed by atoms with Crippen molar-refractivity contribution < 1.29 is 9.26 Å². The quantitative estimate of drug-likeness (QED) is 0.375. The van der Waals surface area contributed by atoms with Gasteiger partial charge in [-0.1, -0.05) is 35.0 Å².